The molecule has 3 aromatic heterocycles. The number of rotatable bonds is 1. The van der Waals surface area contributed by atoms with Crippen LogP contribution in [0.2, 0.25) is 0 Å². The number of benzene rings is 1. The van der Waals surface area contributed by atoms with Crippen LogP contribution in [0.3, 0.4) is 0 Å². The summed E-state index contributed by atoms with van der Waals surface area (Å²) in [5.41, 5.74) is 13.5. The number of nitrogens with zero attached hydrogens (tertiary/aromatic N) is 4. The Morgan fingerprint density at radius 1 is 1.29 bits per heavy atom. The van der Waals surface area contributed by atoms with Gasteiger partial charge in [-0.3, -0.25) is 4.68 Å². The molecule has 0 unspecified atom stereocenters. The van der Waals surface area contributed by atoms with Crippen LogP contribution in [0.4, 0.5) is 10.2 Å². The second kappa shape index (κ2) is 7.13. The second-order valence-corrected chi connectivity index (χ2v) is 11.2. The number of ether oxygens (including phenoxy) is 1. The van der Waals surface area contributed by atoms with Gasteiger partial charge < -0.3 is 10.5 Å². The summed E-state index contributed by atoms with van der Waals surface area (Å²) < 4.78 is 22.9. The van der Waals surface area contributed by atoms with E-state index in [1.807, 2.05) is 32.2 Å². The van der Waals surface area contributed by atoms with Gasteiger partial charge in [-0.25, -0.2) is 14.4 Å². The molecule has 3 aliphatic rings. The molecule has 1 saturated carbocycles. The maximum Gasteiger partial charge on any atom is 0.166 e. The number of thiazole rings is 1. The third-order valence-corrected chi connectivity index (χ3v) is 8.91. The molecular formula is C27H26FN5OS. The third kappa shape index (κ3) is 2.95. The van der Waals surface area contributed by atoms with Gasteiger partial charge in [0, 0.05) is 51.2 Å². The first-order valence-corrected chi connectivity index (χ1v) is 13.0. The van der Waals surface area contributed by atoms with Crippen molar-refractivity contribution in [3.05, 3.63) is 63.0 Å². The first-order chi connectivity index (χ1) is 16.9. The highest BCUT2D eigenvalue weighted by molar-refractivity contribution is 7.12. The molecule has 2 N–H and O–H groups in total. The minimum Gasteiger partial charge on any atom is -0.482 e. The van der Waals surface area contributed by atoms with Crippen LogP contribution in [-0.4, -0.2) is 19.7 Å². The predicted molar refractivity (Wildman–Crippen MR) is 134 cm³/mol. The molecule has 0 radical (unpaired) electrons. The molecule has 0 saturated heterocycles. The standard InChI is InChI=1S/C27H26FN5OS/c1-4-33-23-15-9-20(26(29)30-12-15)34-13(2)18-10-16(28)5-6-17(18)22-24(35-14(3)31-22)19-11-27(7-8-27)25(32-33)21(19)23/h5-6,9-10,12-13,19H,4,7-8,11H2,1-3H3,(H2,29,30)/t13-,19+/m1/s1. The molecule has 6 nitrogen and oxygen atoms in total. The lowest BCUT2D eigenvalue weighted by atomic mass is 9.91. The molecule has 35 heavy (non-hydrogen) atoms. The zero-order valence-corrected chi connectivity index (χ0v) is 20.7. The fourth-order valence-electron chi connectivity index (χ4n) is 6.03. The number of hydrogen-bond donors (Lipinski definition) is 1. The van der Waals surface area contributed by atoms with Gasteiger partial charge in [-0.2, -0.15) is 5.10 Å². The molecule has 0 amide bonds. The summed E-state index contributed by atoms with van der Waals surface area (Å²) in [6.45, 7) is 6.86. The summed E-state index contributed by atoms with van der Waals surface area (Å²) in [5, 5.41) is 6.16. The van der Waals surface area contributed by atoms with E-state index in [2.05, 4.69) is 16.6 Å². The Bertz CT molecular complexity index is 1520. The monoisotopic (exact) mass is 487 g/mol. The predicted octanol–water partition coefficient (Wildman–Crippen LogP) is 6.14. The Labute approximate surface area is 207 Å². The molecule has 4 aromatic rings. The molecule has 1 aromatic carbocycles. The fourth-order valence-corrected chi connectivity index (χ4v) is 7.08. The molecule has 1 spiro atoms. The van der Waals surface area contributed by atoms with Crippen LogP contribution >= 0.6 is 11.3 Å². The summed E-state index contributed by atoms with van der Waals surface area (Å²) in [5.74, 6) is 0.689. The number of hydrogen-bond acceptors (Lipinski definition) is 6. The van der Waals surface area contributed by atoms with E-state index < -0.39 is 6.10 Å². The van der Waals surface area contributed by atoms with Crippen molar-refractivity contribution in [3.8, 4) is 28.3 Å². The second-order valence-electron chi connectivity index (χ2n) is 10.0. The van der Waals surface area contributed by atoms with Crippen molar-refractivity contribution >= 4 is 17.2 Å². The molecule has 4 heterocycles. The van der Waals surface area contributed by atoms with Gasteiger partial charge in [-0.1, -0.05) is 0 Å². The maximum atomic E-state index is 14.5. The molecule has 8 heteroatoms. The van der Waals surface area contributed by atoms with E-state index in [0.717, 1.165) is 58.9 Å². The zero-order chi connectivity index (χ0) is 24.1. The molecule has 7 rings (SSSR count). The van der Waals surface area contributed by atoms with Gasteiger partial charge in [-0.05, 0) is 64.3 Å². The smallest absolute Gasteiger partial charge is 0.166 e. The lowest BCUT2D eigenvalue weighted by Crippen LogP contribution is -2.11. The van der Waals surface area contributed by atoms with E-state index in [1.54, 1.807) is 17.4 Å². The van der Waals surface area contributed by atoms with Gasteiger partial charge in [-0.15, -0.1) is 11.3 Å². The van der Waals surface area contributed by atoms with Crippen LogP contribution in [-0.2, 0) is 12.0 Å². The van der Waals surface area contributed by atoms with Gasteiger partial charge >= 0.3 is 0 Å². The summed E-state index contributed by atoms with van der Waals surface area (Å²) in [4.78, 5) is 10.7. The minimum atomic E-state index is -0.446. The summed E-state index contributed by atoms with van der Waals surface area (Å²) in [6, 6.07) is 6.87. The fraction of sp³-hybridized carbons (Fsp3) is 0.370. The number of aromatic nitrogens is 4. The number of halogens is 1. The molecular weight excluding hydrogens is 461 g/mol. The van der Waals surface area contributed by atoms with Gasteiger partial charge in [0.05, 0.1) is 22.1 Å². The van der Waals surface area contributed by atoms with Crippen molar-refractivity contribution in [2.45, 2.75) is 64.0 Å². The van der Waals surface area contributed by atoms with Crippen molar-refractivity contribution < 1.29 is 9.13 Å². The van der Waals surface area contributed by atoms with Crippen molar-refractivity contribution in [1.82, 2.24) is 19.7 Å². The highest BCUT2D eigenvalue weighted by Gasteiger charge is 2.56. The number of fused-ring (bicyclic) bond motifs is 8. The van der Waals surface area contributed by atoms with Crippen LogP contribution in [0.15, 0.2) is 30.5 Å². The van der Waals surface area contributed by atoms with E-state index in [1.165, 1.54) is 22.2 Å². The molecule has 2 aliphatic carbocycles. The number of pyridine rings is 1. The Morgan fingerprint density at radius 2 is 2.11 bits per heavy atom. The summed E-state index contributed by atoms with van der Waals surface area (Å²) in [7, 11) is 0. The molecule has 2 atom stereocenters. The minimum absolute atomic E-state index is 0.143. The molecule has 178 valence electrons. The van der Waals surface area contributed by atoms with Crippen LogP contribution in [0.25, 0.3) is 22.5 Å². The number of aryl methyl sites for hydroxylation is 2. The average Bonchev–Trinajstić information content (AvgIpc) is 3.21. The Hall–Kier alpha value is -3.26. The maximum absolute atomic E-state index is 14.5. The van der Waals surface area contributed by atoms with Crippen molar-refractivity contribution in [3.63, 3.8) is 0 Å². The topological polar surface area (TPSA) is 78.9 Å². The van der Waals surface area contributed by atoms with E-state index in [9.17, 15) is 4.39 Å². The largest absolute Gasteiger partial charge is 0.482 e. The van der Waals surface area contributed by atoms with Crippen LogP contribution in [0.5, 0.6) is 5.75 Å². The summed E-state index contributed by atoms with van der Waals surface area (Å²) >= 11 is 1.74. The first kappa shape index (κ1) is 21.1. The van der Waals surface area contributed by atoms with Crippen molar-refractivity contribution in [2.24, 2.45) is 0 Å². The van der Waals surface area contributed by atoms with Gasteiger partial charge in [0.15, 0.2) is 11.6 Å². The van der Waals surface area contributed by atoms with E-state index in [-0.39, 0.29) is 17.2 Å². The van der Waals surface area contributed by atoms with E-state index in [4.69, 9.17) is 20.6 Å². The Morgan fingerprint density at radius 3 is 2.89 bits per heavy atom. The van der Waals surface area contributed by atoms with Crippen molar-refractivity contribution in [2.75, 3.05) is 5.73 Å². The normalized spacial score (nSPS) is 20.9. The zero-order valence-electron chi connectivity index (χ0n) is 19.9. The van der Waals surface area contributed by atoms with Gasteiger partial charge in [0.1, 0.15) is 11.9 Å². The lowest BCUT2D eigenvalue weighted by molar-refractivity contribution is 0.227. The van der Waals surface area contributed by atoms with E-state index >= 15 is 0 Å². The lowest BCUT2D eigenvalue weighted by Gasteiger charge is -2.22. The SMILES string of the molecule is CCn1nc2c3c1-c1cnc(N)c(c1)O[C@H](C)c1cc(F)ccc1-c1nc(C)sc1[C@H]3CC21CC1. The van der Waals surface area contributed by atoms with Gasteiger partial charge in [0.25, 0.3) is 0 Å². The average molecular weight is 488 g/mol. The van der Waals surface area contributed by atoms with Gasteiger partial charge in [0.2, 0.25) is 0 Å². The number of nitrogens with two attached hydrogens (primary N) is 1. The van der Waals surface area contributed by atoms with E-state index in [0.29, 0.717) is 11.6 Å². The third-order valence-electron chi connectivity index (χ3n) is 7.83. The quantitative estimate of drug-likeness (QED) is 0.349. The van der Waals surface area contributed by atoms with Crippen molar-refractivity contribution in [1.29, 1.82) is 0 Å². The highest BCUT2D eigenvalue weighted by Crippen LogP contribution is 2.64. The molecule has 1 aliphatic heterocycles. The number of nitrogen functional groups attached to an aromatic ring is 1. The van der Waals surface area contributed by atoms with Crippen LogP contribution in [0.1, 0.15) is 71.8 Å². The molecule has 1 fully saturated rings. The Balaban J connectivity index is 1.59. The van der Waals surface area contributed by atoms with Crippen LogP contribution < -0.4 is 10.5 Å². The highest BCUT2D eigenvalue weighted by atomic mass is 32.1. The first-order valence-electron chi connectivity index (χ1n) is 12.2. The van der Waals surface area contributed by atoms with Crippen LogP contribution in [0, 0.1) is 12.7 Å². The summed E-state index contributed by atoms with van der Waals surface area (Å²) in [6.07, 6.45) is 4.74. The Kier molecular flexibility index (Phi) is 4.29. The number of anilines is 1. The molecule has 2 bridgehead atoms.